The fraction of sp³-hybridized carbons (Fsp3) is 0.529. The van der Waals surface area contributed by atoms with Gasteiger partial charge < -0.3 is 15.8 Å². The van der Waals surface area contributed by atoms with Crippen molar-refractivity contribution in [2.45, 2.75) is 38.1 Å². The van der Waals surface area contributed by atoms with Crippen LogP contribution in [0.2, 0.25) is 5.02 Å². The number of nitrogens with one attached hydrogen (secondary N) is 1. The number of rotatable bonds is 6. The van der Waals surface area contributed by atoms with E-state index in [1.165, 1.54) is 0 Å². The van der Waals surface area contributed by atoms with Gasteiger partial charge in [0.15, 0.2) is 0 Å². The van der Waals surface area contributed by atoms with Gasteiger partial charge in [-0.05, 0) is 37.4 Å². The summed E-state index contributed by atoms with van der Waals surface area (Å²) >= 11 is 6.28. The minimum absolute atomic E-state index is 0.170. The molecule has 0 saturated heterocycles. The average molecular weight is 339 g/mol. The van der Waals surface area contributed by atoms with Crippen molar-refractivity contribution in [3.8, 4) is 0 Å². The second kappa shape index (κ2) is 8.89. The first-order valence-corrected chi connectivity index (χ1v) is 8.41. The minimum atomic E-state index is -0.540. The fourth-order valence-corrected chi connectivity index (χ4v) is 3.15. The Morgan fingerprint density at radius 2 is 2.17 bits per heavy atom. The summed E-state index contributed by atoms with van der Waals surface area (Å²) < 4.78 is 5.12. The lowest BCUT2D eigenvalue weighted by molar-refractivity contribution is -0.125. The summed E-state index contributed by atoms with van der Waals surface area (Å²) in [6.45, 7) is 0.721. The molecule has 2 unspecified atom stereocenters. The maximum absolute atomic E-state index is 12.3. The van der Waals surface area contributed by atoms with Crippen LogP contribution in [0.4, 0.5) is 4.79 Å². The molecule has 0 heterocycles. The molecule has 2 rings (SSSR count). The second-order valence-electron chi connectivity index (χ2n) is 5.74. The molecule has 6 heteroatoms. The molecular formula is C17H23ClN2O3. The van der Waals surface area contributed by atoms with E-state index < -0.39 is 12.1 Å². The van der Waals surface area contributed by atoms with E-state index in [0.29, 0.717) is 24.4 Å². The first-order chi connectivity index (χ1) is 11.1. The first-order valence-electron chi connectivity index (χ1n) is 8.04. The monoisotopic (exact) mass is 338 g/mol. The lowest BCUT2D eigenvalue weighted by atomic mass is 9.80. The molecule has 1 aromatic rings. The topological polar surface area (TPSA) is 81.4 Å². The zero-order chi connectivity index (χ0) is 16.7. The van der Waals surface area contributed by atoms with E-state index >= 15 is 0 Å². The van der Waals surface area contributed by atoms with Gasteiger partial charge in [0, 0.05) is 17.4 Å². The summed E-state index contributed by atoms with van der Waals surface area (Å²) in [5, 5.41) is 3.37. The Morgan fingerprint density at radius 3 is 2.87 bits per heavy atom. The molecule has 0 spiro atoms. The zero-order valence-electron chi connectivity index (χ0n) is 13.1. The van der Waals surface area contributed by atoms with Gasteiger partial charge >= 0.3 is 6.09 Å². The Bertz CT molecular complexity index is 550. The van der Waals surface area contributed by atoms with Crippen LogP contribution in [0.1, 0.15) is 43.7 Å². The molecule has 0 aromatic heterocycles. The number of alkyl carbamates (subject to hydrolysis) is 1. The average Bonchev–Trinajstić information content (AvgIpc) is 2.54. The van der Waals surface area contributed by atoms with E-state index in [-0.39, 0.29) is 18.3 Å². The Kier molecular flexibility index (Phi) is 6.86. The standard InChI is InChI=1S/C17H23ClN2O3/c18-14-8-3-1-6-12(14)16(13-7-2-4-9-15(13)21)20-17(22)23-11-5-10-19/h1,3,6,8,13,16H,2,4-5,7,9-11,19H2,(H,20,22). The summed E-state index contributed by atoms with van der Waals surface area (Å²) in [5.41, 5.74) is 6.14. The van der Waals surface area contributed by atoms with Crippen molar-refractivity contribution in [2.75, 3.05) is 13.2 Å². The van der Waals surface area contributed by atoms with E-state index in [9.17, 15) is 9.59 Å². The number of hydrogen-bond donors (Lipinski definition) is 2. The van der Waals surface area contributed by atoms with Crippen LogP contribution in [0.3, 0.4) is 0 Å². The van der Waals surface area contributed by atoms with Gasteiger partial charge in [-0.2, -0.15) is 0 Å². The number of amides is 1. The zero-order valence-corrected chi connectivity index (χ0v) is 13.8. The SMILES string of the molecule is NCCCOC(=O)NC(c1ccccc1Cl)C1CCCCC1=O. The molecule has 1 amide bonds. The molecule has 1 aromatic carbocycles. The highest BCUT2D eigenvalue weighted by Crippen LogP contribution is 2.35. The summed E-state index contributed by atoms with van der Waals surface area (Å²) in [7, 11) is 0. The molecule has 2 atom stereocenters. The van der Waals surface area contributed by atoms with E-state index in [2.05, 4.69) is 5.32 Å². The molecule has 5 nitrogen and oxygen atoms in total. The molecule has 0 bridgehead atoms. The third kappa shape index (κ3) is 4.94. The first kappa shape index (κ1) is 17.8. The number of nitrogens with two attached hydrogens (primary N) is 1. The van der Waals surface area contributed by atoms with E-state index in [0.717, 1.165) is 24.8 Å². The van der Waals surface area contributed by atoms with Gasteiger partial charge in [0.25, 0.3) is 0 Å². The number of Topliss-reactive ketones (excluding diaryl/α,β-unsaturated/α-hetero) is 1. The van der Waals surface area contributed by atoms with E-state index in [1.807, 2.05) is 18.2 Å². The molecule has 1 aliphatic rings. The number of ketones is 1. The van der Waals surface area contributed by atoms with Crippen LogP contribution >= 0.6 is 11.6 Å². The highest BCUT2D eigenvalue weighted by molar-refractivity contribution is 6.31. The van der Waals surface area contributed by atoms with Crippen LogP contribution in [0.5, 0.6) is 0 Å². The van der Waals surface area contributed by atoms with Crippen LogP contribution in [-0.4, -0.2) is 25.0 Å². The van der Waals surface area contributed by atoms with Crippen molar-refractivity contribution in [3.05, 3.63) is 34.9 Å². The van der Waals surface area contributed by atoms with Gasteiger partial charge in [-0.3, -0.25) is 4.79 Å². The summed E-state index contributed by atoms with van der Waals surface area (Å²) in [6.07, 6.45) is 3.24. The summed E-state index contributed by atoms with van der Waals surface area (Å²) in [5.74, 6) is -0.0888. The molecule has 126 valence electrons. The van der Waals surface area contributed by atoms with Crippen molar-refractivity contribution < 1.29 is 14.3 Å². The molecule has 1 fully saturated rings. The van der Waals surface area contributed by atoms with Crippen LogP contribution < -0.4 is 11.1 Å². The minimum Gasteiger partial charge on any atom is -0.450 e. The third-order valence-electron chi connectivity index (χ3n) is 4.10. The predicted molar refractivity (Wildman–Crippen MR) is 89.3 cm³/mol. The van der Waals surface area contributed by atoms with Crippen molar-refractivity contribution >= 4 is 23.5 Å². The largest absolute Gasteiger partial charge is 0.450 e. The number of hydrogen-bond acceptors (Lipinski definition) is 4. The van der Waals surface area contributed by atoms with Gasteiger partial charge in [0.05, 0.1) is 12.6 Å². The Balaban J connectivity index is 2.16. The number of carbonyl (C=O) groups is 2. The van der Waals surface area contributed by atoms with Crippen LogP contribution in [0.25, 0.3) is 0 Å². The van der Waals surface area contributed by atoms with Crippen molar-refractivity contribution in [1.29, 1.82) is 0 Å². The molecule has 0 aliphatic heterocycles. The maximum atomic E-state index is 12.3. The van der Waals surface area contributed by atoms with Crippen molar-refractivity contribution in [2.24, 2.45) is 11.7 Å². The molecule has 1 aliphatic carbocycles. The number of ether oxygens (including phenoxy) is 1. The second-order valence-corrected chi connectivity index (χ2v) is 6.15. The smallest absolute Gasteiger partial charge is 0.407 e. The summed E-state index contributed by atoms with van der Waals surface area (Å²) in [6, 6.07) is 6.82. The van der Waals surface area contributed by atoms with Crippen LogP contribution in [0.15, 0.2) is 24.3 Å². The lowest BCUT2D eigenvalue weighted by Crippen LogP contribution is -2.38. The summed E-state index contributed by atoms with van der Waals surface area (Å²) in [4.78, 5) is 24.3. The molecule has 23 heavy (non-hydrogen) atoms. The highest BCUT2D eigenvalue weighted by atomic mass is 35.5. The van der Waals surface area contributed by atoms with Gasteiger partial charge in [-0.15, -0.1) is 0 Å². The highest BCUT2D eigenvalue weighted by Gasteiger charge is 2.33. The number of benzene rings is 1. The van der Waals surface area contributed by atoms with Gasteiger partial charge in [-0.1, -0.05) is 36.2 Å². The molecular weight excluding hydrogens is 316 g/mol. The quantitative estimate of drug-likeness (QED) is 0.780. The van der Waals surface area contributed by atoms with Gasteiger partial charge in [-0.25, -0.2) is 4.79 Å². The van der Waals surface area contributed by atoms with E-state index in [1.54, 1.807) is 6.07 Å². The Morgan fingerprint density at radius 1 is 1.39 bits per heavy atom. The third-order valence-corrected chi connectivity index (χ3v) is 4.44. The van der Waals surface area contributed by atoms with Crippen LogP contribution in [-0.2, 0) is 9.53 Å². The maximum Gasteiger partial charge on any atom is 0.407 e. The molecule has 0 radical (unpaired) electrons. The van der Waals surface area contributed by atoms with Gasteiger partial charge in [0.1, 0.15) is 5.78 Å². The van der Waals surface area contributed by atoms with E-state index in [4.69, 9.17) is 22.1 Å². The fourth-order valence-electron chi connectivity index (χ4n) is 2.90. The van der Waals surface area contributed by atoms with Crippen molar-refractivity contribution in [1.82, 2.24) is 5.32 Å². The lowest BCUT2D eigenvalue weighted by Gasteiger charge is -2.30. The normalized spacial score (nSPS) is 19.2. The number of carbonyl (C=O) groups excluding carboxylic acids is 2. The predicted octanol–water partition coefficient (Wildman–Crippen LogP) is 3.22. The molecule has 3 N–H and O–H groups in total. The van der Waals surface area contributed by atoms with Gasteiger partial charge in [0.2, 0.25) is 0 Å². The number of halogens is 1. The Hall–Kier alpha value is -1.59. The van der Waals surface area contributed by atoms with Crippen molar-refractivity contribution in [3.63, 3.8) is 0 Å². The Labute approximate surface area is 141 Å². The molecule has 1 saturated carbocycles. The van der Waals surface area contributed by atoms with Crippen LogP contribution in [0, 0.1) is 5.92 Å².